The first kappa shape index (κ1) is 17.7. The van der Waals surface area contributed by atoms with E-state index in [0.29, 0.717) is 12.2 Å². The summed E-state index contributed by atoms with van der Waals surface area (Å²) in [5.74, 6) is -0.184. The lowest BCUT2D eigenvalue weighted by molar-refractivity contribution is 0.0946. The van der Waals surface area contributed by atoms with E-state index in [1.165, 1.54) is 11.1 Å². The zero-order valence-corrected chi connectivity index (χ0v) is 15.1. The molecule has 0 bridgehead atoms. The highest BCUT2D eigenvalue weighted by atomic mass is 16.1. The lowest BCUT2D eigenvalue weighted by atomic mass is 10.1. The zero-order chi connectivity index (χ0) is 18.4. The number of hydrogen-bond acceptors (Lipinski definition) is 3. The van der Waals surface area contributed by atoms with E-state index in [2.05, 4.69) is 40.7 Å². The van der Waals surface area contributed by atoms with Crippen molar-refractivity contribution in [1.29, 1.82) is 0 Å². The van der Waals surface area contributed by atoms with Crippen LogP contribution in [0.4, 0.5) is 11.4 Å². The molecular weight excluding hydrogens is 322 g/mol. The lowest BCUT2D eigenvalue weighted by Crippen LogP contribution is -2.23. The van der Waals surface area contributed by atoms with Crippen LogP contribution in [-0.4, -0.2) is 10.9 Å². The van der Waals surface area contributed by atoms with Crippen LogP contribution < -0.4 is 10.6 Å². The summed E-state index contributed by atoms with van der Waals surface area (Å²) >= 11 is 0. The molecule has 1 amide bonds. The predicted octanol–water partition coefficient (Wildman–Crippen LogP) is 4.63. The van der Waals surface area contributed by atoms with Crippen molar-refractivity contribution >= 4 is 17.3 Å². The Labute approximate surface area is 154 Å². The van der Waals surface area contributed by atoms with Gasteiger partial charge in [0.05, 0.1) is 0 Å². The molecule has 0 saturated carbocycles. The quantitative estimate of drug-likeness (QED) is 0.685. The summed E-state index contributed by atoms with van der Waals surface area (Å²) in [6.45, 7) is 4.65. The van der Waals surface area contributed by atoms with Crippen LogP contribution in [-0.2, 0) is 13.0 Å². The highest BCUT2D eigenvalue weighted by molar-refractivity contribution is 5.93. The Bertz CT molecular complexity index is 888. The molecule has 132 valence electrons. The first-order valence-electron chi connectivity index (χ1n) is 8.80. The van der Waals surface area contributed by atoms with Crippen LogP contribution in [0.1, 0.15) is 34.1 Å². The number of hydrogen-bond donors (Lipinski definition) is 2. The average Bonchev–Trinajstić information content (AvgIpc) is 2.67. The van der Waals surface area contributed by atoms with Gasteiger partial charge in [-0.1, -0.05) is 48.9 Å². The molecule has 0 aliphatic heterocycles. The molecular formula is C22H23N3O. The van der Waals surface area contributed by atoms with Crippen molar-refractivity contribution in [2.45, 2.75) is 26.8 Å². The molecule has 0 atom stereocenters. The molecule has 4 heteroatoms. The Morgan fingerprint density at radius 3 is 2.50 bits per heavy atom. The first-order valence-corrected chi connectivity index (χ1v) is 8.80. The van der Waals surface area contributed by atoms with E-state index in [4.69, 9.17) is 0 Å². The van der Waals surface area contributed by atoms with E-state index in [-0.39, 0.29) is 5.91 Å². The Morgan fingerprint density at radius 2 is 1.77 bits per heavy atom. The molecule has 2 aromatic carbocycles. The highest BCUT2D eigenvalue weighted by Gasteiger charge is 2.08. The van der Waals surface area contributed by atoms with Crippen molar-refractivity contribution in [2.24, 2.45) is 0 Å². The summed E-state index contributed by atoms with van der Waals surface area (Å²) in [6, 6.07) is 20.0. The van der Waals surface area contributed by atoms with E-state index in [1.807, 2.05) is 43.3 Å². The summed E-state index contributed by atoms with van der Waals surface area (Å²) in [5, 5.41) is 6.23. The van der Waals surface area contributed by atoms with E-state index in [1.54, 1.807) is 12.3 Å². The Morgan fingerprint density at radius 1 is 0.962 bits per heavy atom. The molecule has 0 spiro atoms. The SMILES string of the molecule is CCc1ccc(Nc2ccnc(C(=O)NCc3cccc(C)c3)c2)cc1. The van der Waals surface area contributed by atoms with Gasteiger partial charge in [0, 0.05) is 24.1 Å². The second kappa shape index (κ2) is 8.30. The molecule has 1 aromatic heterocycles. The van der Waals surface area contributed by atoms with Crippen molar-refractivity contribution in [3.63, 3.8) is 0 Å². The third-order valence-electron chi connectivity index (χ3n) is 4.18. The van der Waals surface area contributed by atoms with Crippen LogP contribution in [0.15, 0.2) is 66.9 Å². The standard InChI is InChI=1S/C22H23N3O/c1-3-17-7-9-19(10-8-17)25-20-11-12-23-21(14-20)22(26)24-15-18-6-4-5-16(2)13-18/h4-14H,3,15H2,1-2H3,(H,23,25)(H,24,26). The van der Waals surface area contributed by atoms with Crippen LogP contribution in [0.25, 0.3) is 0 Å². The summed E-state index contributed by atoms with van der Waals surface area (Å²) in [5.41, 5.74) is 5.76. The van der Waals surface area contributed by atoms with Gasteiger partial charge < -0.3 is 10.6 Å². The van der Waals surface area contributed by atoms with Crippen LogP contribution in [0.3, 0.4) is 0 Å². The van der Waals surface area contributed by atoms with Gasteiger partial charge in [0.15, 0.2) is 0 Å². The van der Waals surface area contributed by atoms with Crippen molar-refractivity contribution in [3.05, 3.63) is 89.2 Å². The molecule has 0 fully saturated rings. The number of carbonyl (C=O) groups excluding carboxylic acids is 1. The van der Waals surface area contributed by atoms with E-state index in [9.17, 15) is 4.79 Å². The number of amides is 1. The summed E-state index contributed by atoms with van der Waals surface area (Å²) in [6.07, 6.45) is 2.66. The van der Waals surface area contributed by atoms with Crippen molar-refractivity contribution in [1.82, 2.24) is 10.3 Å². The third kappa shape index (κ3) is 4.70. The molecule has 3 aromatic rings. The van der Waals surface area contributed by atoms with Crippen molar-refractivity contribution in [3.8, 4) is 0 Å². The molecule has 0 unspecified atom stereocenters. The maximum atomic E-state index is 12.4. The monoisotopic (exact) mass is 345 g/mol. The van der Waals surface area contributed by atoms with Gasteiger partial charge in [0.25, 0.3) is 5.91 Å². The minimum atomic E-state index is -0.184. The molecule has 0 radical (unpaired) electrons. The minimum absolute atomic E-state index is 0.184. The smallest absolute Gasteiger partial charge is 0.270 e. The fourth-order valence-electron chi connectivity index (χ4n) is 2.72. The highest BCUT2D eigenvalue weighted by Crippen LogP contribution is 2.17. The van der Waals surface area contributed by atoms with Crippen molar-refractivity contribution in [2.75, 3.05) is 5.32 Å². The topological polar surface area (TPSA) is 54.0 Å². The third-order valence-corrected chi connectivity index (χ3v) is 4.18. The maximum Gasteiger partial charge on any atom is 0.270 e. The number of rotatable bonds is 6. The Kier molecular flexibility index (Phi) is 5.64. The first-order chi connectivity index (χ1) is 12.6. The van der Waals surface area contributed by atoms with Gasteiger partial charge in [0.2, 0.25) is 0 Å². The summed E-state index contributed by atoms with van der Waals surface area (Å²) in [4.78, 5) is 16.6. The molecule has 0 aliphatic rings. The molecule has 26 heavy (non-hydrogen) atoms. The zero-order valence-electron chi connectivity index (χ0n) is 15.1. The Balaban J connectivity index is 1.64. The molecule has 0 aliphatic carbocycles. The minimum Gasteiger partial charge on any atom is -0.355 e. The second-order valence-electron chi connectivity index (χ2n) is 6.28. The summed E-state index contributed by atoms with van der Waals surface area (Å²) < 4.78 is 0. The summed E-state index contributed by atoms with van der Waals surface area (Å²) in [7, 11) is 0. The number of pyridine rings is 1. The maximum absolute atomic E-state index is 12.4. The fraction of sp³-hybridized carbons (Fsp3) is 0.182. The van der Waals surface area contributed by atoms with Gasteiger partial charge >= 0.3 is 0 Å². The number of nitrogens with zero attached hydrogens (tertiary/aromatic N) is 1. The number of aryl methyl sites for hydroxylation is 2. The van der Waals surface area contributed by atoms with Crippen LogP contribution in [0.2, 0.25) is 0 Å². The molecule has 0 saturated heterocycles. The van der Waals surface area contributed by atoms with Crippen molar-refractivity contribution < 1.29 is 4.79 Å². The second-order valence-corrected chi connectivity index (χ2v) is 6.28. The van der Waals surface area contributed by atoms with Gasteiger partial charge in [-0.2, -0.15) is 0 Å². The Hall–Kier alpha value is -3.14. The number of aromatic nitrogens is 1. The van der Waals surface area contributed by atoms with E-state index >= 15 is 0 Å². The van der Waals surface area contributed by atoms with Gasteiger partial charge in [0.1, 0.15) is 5.69 Å². The number of benzene rings is 2. The normalized spacial score (nSPS) is 10.4. The van der Waals surface area contributed by atoms with E-state index in [0.717, 1.165) is 23.4 Å². The predicted molar refractivity (Wildman–Crippen MR) is 106 cm³/mol. The fourth-order valence-corrected chi connectivity index (χ4v) is 2.72. The van der Waals surface area contributed by atoms with Crippen LogP contribution >= 0.6 is 0 Å². The molecule has 4 nitrogen and oxygen atoms in total. The average molecular weight is 345 g/mol. The molecule has 1 heterocycles. The largest absolute Gasteiger partial charge is 0.355 e. The van der Waals surface area contributed by atoms with Gasteiger partial charge in [-0.3, -0.25) is 9.78 Å². The van der Waals surface area contributed by atoms with E-state index < -0.39 is 0 Å². The number of anilines is 2. The van der Waals surface area contributed by atoms with Gasteiger partial charge in [-0.15, -0.1) is 0 Å². The van der Waals surface area contributed by atoms with Crippen LogP contribution in [0.5, 0.6) is 0 Å². The van der Waals surface area contributed by atoms with Gasteiger partial charge in [-0.25, -0.2) is 0 Å². The number of nitrogens with one attached hydrogen (secondary N) is 2. The molecule has 2 N–H and O–H groups in total. The van der Waals surface area contributed by atoms with Crippen LogP contribution in [0, 0.1) is 6.92 Å². The van der Waals surface area contributed by atoms with Gasteiger partial charge in [-0.05, 0) is 48.7 Å². The lowest BCUT2D eigenvalue weighted by Gasteiger charge is -2.09. The molecule has 3 rings (SSSR count). The number of carbonyl (C=O) groups is 1.